The van der Waals surface area contributed by atoms with Crippen LogP contribution in [0.15, 0.2) is 67.6 Å². The molecule has 1 fully saturated rings. The highest BCUT2D eigenvalue weighted by Crippen LogP contribution is 2.50. The zero-order valence-corrected chi connectivity index (χ0v) is 15.5. The van der Waals surface area contributed by atoms with Crippen molar-refractivity contribution in [3.05, 3.63) is 53.6 Å². The summed E-state index contributed by atoms with van der Waals surface area (Å²) in [6.45, 7) is 0. The Morgan fingerprint density at radius 2 is 1.42 bits per heavy atom. The molecule has 0 saturated heterocycles. The third-order valence-corrected chi connectivity index (χ3v) is 8.23. The second-order valence-electron chi connectivity index (χ2n) is 7.15. The average Bonchev–Trinajstić information content (AvgIpc) is 3.30. The normalized spacial score (nSPS) is 20.3. The molecule has 1 saturated carbocycles. The van der Waals surface area contributed by atoms with E-state index in [1.807, 2.05) is 23.5 Å². The van der Waals surface area contributed by atoms with Crippen molar-refractivity contribution in [3.63, 3.8) is 0 Å². The molecule has 24 heavy (non-hydrogen) atoms. The number of rotatable bonds is 2. The number of hydrogen-bond acceptors (Lipinski definition) is 2. The first-order valence-corrected chi connectivity index (χ1v) is 10.8. The van der Waals surface area contributed by atoms with Gasteiger partial charge in [0.2, 0.25) is 0 Å². The lowest BCUT2D eigenvalue weighted by atomic mass is 9.91. The summed E-state index contributed by atoms with van der Waals surface area (Å²) in [5, 5.41) is 0. The Kier molecular flexibility index (Phi) is 3.99. The second-order valence-corrected chi connectivity index (χ2v) is 9.32. The minimum Gasteiger partial charge on any atom is -0.0877 e. The Morgan fingerprint density at radius 3 is 2.21 bits per heavy atom. The van der Waals surface area contributed by atoms with E-state index in [0.29, 0.717) is 0 Å². The predicted molar refractivity (Wildman–Crippen MR) is 104 cm³/mol. The Morgan fingerprint density at radius 1 is 0.708 bits per heavy atom. The summed E-state index contributed by atoms with van der Waals surface area (Å²) in [6.07, 6.45) is 9.75. The van der Waals surface area contributed by atoms with Crippen LogP contribution < -0.4 is 0 Å². The molecule has 0 spiro atoms. The fourth-order valence-electron chi connectivity index (χ4n) is 4.54. The third kappa shape index (κ3) is 2.64. The van der Waals surface area contributed by atoms with Crippen LogP contribution in [-0.4, -0.2) is 0 Å². The van der Waals surface area contributed by atoms with E-state index in [9.17, 15) is 0 Å². The van der Waals surface area contributed by atoms with Gasteiger partial charge in [0.25, 0.3) is 0 Å². The Hall–Kier alpha value is -1.12. The van der Waals surface area contributed by atoms with E-state index in [2.05, 4.69) is 42.5 Å². The first-order chi connectivity index (χ1) is 11.9. The van der Waals surface area contributed by atoms with Crippen LogP contribution in [0, 0.1) is 5.92 Å². The van der Waals surface area contributed by atoms with Gasteiger partial charge in [-0.25, -0.2) is 0 Å². The largest absolute Gasteiger partial charge is 0.0877 e. The van der Waals surface area contributed by atoms with Gasteiger partial charge in [0, 0.05) is 19.6 Å². The van der Waals surface area contributed by atoms with Crippen LogP contribution in [-0.2, 0) is 0 Å². The molecule has 1 heterocycles. The summed E-state index contributed by atoms with van der Waals surface area (Å²) < 4.78 is 0. The van der Waals surface area contributed by atoms with Crippen molar-refractivity contribution in [1.29, 1.82) is 0 Å². The van der Waals surface area contributed by atoms with Crippen molar-refractivity contribution in [3.8, 4) is 0 Å². The van der Waals surface area contributed by atoms with Gasteiger partial charge in [-0.15, -0.1) is 0 Å². The number of hydrogen-bond donors (Lipinski definition) is 0. The van der Waals surface area contributed by atoms with E-state index in [4.69, 9.17) is 0 Å². The average molecular weight is 351 g/mol. The molecule has 0 atom stereocenters. The molecule has 5 rings (SSSR count). The maximum atomic E-state index is 2.47. The monoisotopic (exact) mass is 350 g/mol. The van der Waals surface area contributed by atoms with E-state index in [-0.39, 0.29) is 0 Å². The van der Waals surface area contributed by atoms with Gasteiger partial charge in [0.15, 0.2) is 0 Å². The van der Waals surface area contributed by atoms with E-state index >= 15 is 0 Å². The summed E-state index contributed by atoms with van der Waals surface area (Å²) in [7, 11) is 0. The summed E-state index contributed by atoms with van der Waals surface area (Å²) >= 11 is 3.87. The molecule has 0 N–H and O–H groups in total. The maximum absolute atomic E-state index is 2.47. The lowest BCUT2D eigenvalue weighted by Gasteiger charge is -2.20. The van der Waals surface area contributed by atoms with Gasteiger partial charge < -0.3 is 0 Å². The van der Waals surface area contributed by atoms with Crippen molar-refractivity contribution in [2.45, 2.75) is 64.5 Å². The van der Waals surface area contributed by atoms with E-state index in [0.717, 1.165) is 5.92 Å². The predicted octanol–water partition coefficient (Wildman–Crippen LogP) is 7.43. The van der Waals surface area contributed by atoms with Crippen LogP contribution >= 0.6 is 23.5 Å². The summed E-state index contributed by atoms with van der Waals surface area (Å²) in [4.78, 5) is 5.67. The zero-order valence-electron chi connectivity index (χ0n) is 13.9. The molecule has 2 heteroatoms. The molecule has 0 radical (unpaired) electrons. The van der Waals surface area contributed by atoms with E-state index < -0.39 is 0 Å². The minimum absolute atomic E-state index is 0.890. The molecule has 0 nitrogen and oxygen atoms in total. The van der Waals surface area contributed by atoms with Crippen LogP contribution in [0.5, 0.6) is 0 Å². The molecule has 0 aromatic heterocycles. The standard InChI is InChI=1S/C22H22S2/c1-2-7-15(6-1)17-8-5-9-18(17)16-12-13-21-22(14-16)24-20-11-4-3-10-19(20)23-21/h3-4,10-15H,1-2,5-9H2. The molecule has 0 unspecified atom stereocenters. The van der Waals surface area contributed by atoms with E-state index in [1.165, 1.54) is 70.1 Å². The van der Waals surface area contributed by atoms with Crippen molar-refractivity contribution in [1.82, 2.24) is 0 Å². The molecule has 2 aromatic carbocycles. The highest BCUT2D eigenvalue weighted by Gasteiger charge is 2.26. The van der Waals surface area contributed by atoms with Gasteiger partial charge in [-0.3, -0.25) is 0 Å². The smallest absolute Gasteiger partial charge is 0.0268 e. The Balaban J connectivity index is 1.51. The summed E-state index contributed by atoms with van der Waals surface area (Å²) in [5.41, 5.74) is 5.00. The van der Waals surface area contributed by atoms with Crippen molar-refractivity contribution >= 4 is 29.1 Å². The first kappa shape index (κ1) is 15.2. The van der Waals surface area contributed by atoms with E-state index in [1.54, 1.807) is 11.1 Å². The lowest BCUT2D eigenvalue weighted by Crippen LogP contribution is -1.99. The second kappa shape index (κ2) is 6.31. The Bertz CT molecular complexity index is 812. The Labute approximate surface area is 153 Å². The molecule has 1 aliphatic heterocycles. The van der Waals surface area contributed by atoms with Gasteiger partial charge in [0.1, 0.15) is 0 Å². The molecule has 0 amide bonds. The van der Waals surface area contributed by atoms with Crippen LogP contribution in [0.1, 0.15) is 50.5 Å². The van der Waals surface area contributed by atoms with Crippen LogP contribution in [0.2, 0.25) is 0 Å². The van der Waals surface area contributed by atoms with Crippen LogP contribution in [0.25, 0.3) is 5.57 Å². The van der Waals surface area contributed by atoms with Gasteiger partial charge in [-0.05, 0) is 73.4 Å². The quantitative estimate of drug-likeness (QED) is 0.471. The minimum atomic E-state index is 0.890. The molecule has 0 bridgehead atoms. The van der Waals surface area contributed by atoms with Gasteiger partial charge in [-0.2, -0.15) is 0 Å². The highest BCUT2D eigenvalue weighted by atomic mass is 32.2. The first-order valence-electron chi connectivity index (χ1n) is 9.19. The van der Waals surface area contributed by atoms with Crippen LogP contribution in [0.3, 0.4) is 0 Å². The SMILES string of the molecule is c1ccc2c(c1)Sc1ccc(C3=C(C4CCCC4)CCC3)cc1S2. The molecule has 2 aliphatic carbocycles. The van der Waals surface area contributed by atoms with Crippen molar-refractivity contribution in [2.24, 2.45) is 5.92 Å². The highest BCUT2D eigenvalue weighted by molar-refractivity contribution is 8.05. The fraction of sp³-hybridized carbons (Fsp3) is 0.364. The van der Waals surface area contributed by atoms with Crippen molar-refractivity contribution < 1.29 is 0 Å². The molecule has 2 aromatic rings. The van der Waals surface area contributed by atoms with Gasteiger partial charge in [-0.1, -0.05) is 60.1 Å². The lowest BCUT2D eigenvalue weighted by molar-refractivity contribution is 0.622. The molecule has 3 aliphatic rings. The third-order valence-electron chi connectivity index (χ3n) is 5.69. The topological polar surface area (TPSA) is 0 Å². The number of allylic oxidation sites excluding steroid dienone is 2. The summed E-state index contributed by atoms with van der Waals surface area (Å²) in [5.74, 6) is 0.890. The summed E-state index contributed by atoms with van der Waals surface area (Å²) in [6, 6.07) is 16.0. The molecular weight excluding hydrogens is 328 g/mol. The van der Waals surface area contributed by atoms with Crippen LogP contribution in [0.4, 0.5) is 0 Å². The maximum Gasteiger partial charge on any atom is 0.0268 e. The molecule has 122 valence electrons. The van der Waals surface area contributed by atoms with Crippen molar-refractivity contribution in [2.75, 3.05) is 0 Å². The number of fused-ring (bicyclic) bond motifs is 2. The number of benzene rings is 2. The molecular formula is C22H22S2. The fourth-order valence-corrected chi connectivity index (χ4v) is 6.79. The van der Waals surface area contributed by atoms with Gasteiger partial charge in [0.05, 0.1) is 0 Å². The van der Waals surface area contributed by atoms with Gasteiger partial charge >= 0.3 is 0 Å². The zero-order chi connectivity index (χ0) is 15.9.